The van der Waals surface area contributed by atoms with Crippen molar-refractivity contribution in [3.63, 3.8) is 0 Å². The van der Waals surface area contributed by atoms with Gasteiger partial charge in [-0.3, -0.25) is 0 Å². The lowest BCUT2D eigenvalue weighted by Crippen LogP contribution is -2.17. The average Bonchev–Trinajstić information content (AvgIpc) is 2.84. The standard InChI is InChI=1S/C14H10N2O2/c17-14(18-12-7-2-1-3-8-12)16-10-11-6-4-5-9-13(11)15-16/h1-10H. The van der Waals surface area contributed by atoms with Crippen molar-refractivity contribution in [3.8, 4) is 5.75 Å². The van der Waals surface area contributed by atoms with Gasteiger partial charge in [0.1, 0.15) is 5.75 Å². The predicted molar refractivity (Wildman–Crippen MR) is 67.6 cm³/mol. The van der Waals surface area contributed by atoms with E-state index in [1.165, 1.54) is 4.68 Å². The molecule has 0 aliphatic heterocycles. The van der Waals surface area contributed by atoms with Gasteiger partial charge in [0.15, 0.2) is 0 Å². The first-order valence-corrected chi connectivity index (χ1v) is 5.54. The highest BCUT2D eigenvalue weighted by Gasteiger charge is 2.09. The monoisotopic (exact) mass is 238 g/mol. The van der Waals surface area contributed by atoms with Crippen molar-refractivity contribution in [2.24, 2.45) is 0 Å². The Morgan fingerprint density at radius 1 is 1.00 bits per heavy atom. The number of nitrogens with zero attached hydrogens (tertiary/aromatic N) is 2. The van der Waals surface area contributed by atoms with E-state index in [9.17, 15) is 4.79 Å². The molecule has 3 aromatic rings. The van der Waals surface area contributed by atoms with E-state index < -0.39 is 6.09 Å². The second kappa shape index (κ2) is 4.33. The molecule has 0 spiro atoms. The van der Waals surface area contributed by atoms with Crippen LogP contribution in [0.4, 0.5) is 4.79 Å². The van der Waals surface area contributed by atoms with E-state index >= 15 is 0 Å². The van der Waals surface area contributed by atoms with Crippen molar-refractivity contribution in [1.29, 1.82) is 0 Å². The maximum atomic E-state index is 11.9. The summed E-state index contributed by atoms with van der Waals surface area (Å²) < 4.78 is 6.40. The van der Waals surface area contributed by atoms with Crippen molar-refractivity contribution in [1.82, 2.24) is 9.78 Å². The summed E-state index contributed by atoms with van der Waals surface area (Å²) in [6, 6.07) is 16.4. The molecule has 2 aromatic carbocycles. The van der Waals surface area contributed by atoms with Gasteiger partial charge in [-0.2, -0.15) is 9.78 Å². The van der Waals surface area contributed by atoms with Gasteiger partial charge in [-0.25, -0.2) is 4.79 Å². The first kappa shape index (κ1) is 10.5. The van der Waals surface area contributed by atoms with Crippen LogP contribution in [0.15, 0.2) is 60.8 Å². The van der Waals surface area contributed by atoms with Gasteiger partial charge in [0.25, 0.3) is 0 Å². The molecule has 0 aliphatic rings. The molecule has 3 rings (SSSR count). The summed E-state index contributed by atoms with van der Waals surface area (Å²) in [6.07, 6.45) is 1.14. The Bertz CT molecular complexity index is 656. The number of carbonyl (C=O) groups excluding carboxylic acids is 1. The lowest BCUT2D eigenvalue weighted by molar-refractivity contribution is 0.199. The Morgan fingerprint density at radius 2 is 1.72 bits per heavy atom. The van der Waals surface area contributed by atoms with Gasteiger partial charge < -0.3 is 4.74 Å². The molecule has 0 N–H and O–H groups in total. The maximum Gasteiger partial charge on any atom is 0.440 e. The molecule has 18 heavy (non-hydrogen) atoms. The summed E-state index contributed by atoms with van der Waals surface area (Å²) in [5, 5.41) is 5.06. The maximum absolute atomic E-state index is 11.9. The number of fused-ring (bicyclic) bond motifs is 1. The van der Waals surface area contributed by atoms with Gasteiger partial charge >= 0.3 is 6.09 Å². The molecule has 0 radical (unpaired) electrons. The Balaban J connectivity index is 1.88. The van der Waals surface area contributed by atoms with Crippen LogP contribution >= 0.6 is 0 Å². The lowest BCUT2D eigenvalue weighted by Gasteiger charge is -2.02. The molecule has 4 nitrogen and oxygen atoms in total. The number of para-hydroxylation sites is 1. The Morgan fingerprint density at radius 3 is 2.50 bits per heavy atom. The Hall–Kier alpha value is -2.62. The number of hydrogen-bond acceptors (Lipinski definition) is 3. The van der Waals surface area contributed by atoms with Crippen molar-refractivity contribution in [3.05, 3.63) is 60.8 Å². The van der Waals surface area contributed by atoms with Gasteiger partial charge in [0.2, 0.25) is 0 Å². The first-order valence-electron chi connectivity index (χ1n) is 5.54. The molecule has 0 fully saturated rings. The molecule has 1 aromatic heterocycles. The van der Waals surface area contributed by atoms with E-state index in [-0.39, 0.29) is 0 Å². The Labute approximate surface area is 103 Å². The highest BCUT2D eigenvalue weighted by Crippen LogP contribution is 2.13. The third-order valence-electron chi connectivity index (χ3n) is 2.55. The van der Waals surface area contributed by atoms with Crippen LogP contribution < -0.4 is 4.74 Å². The molecular formula is C14H10N2O2. The minimum atomic E-state index is -0.516. The van der Waals surface area contributed by atoms with Crippen LogP contribution in [0, 0.1) is 0 Å². The van der Waals surface area contributed by atoms with E-state index in [2.05, 4.69) is 5.10 Å². The van der Waals surface area contributed by atoms with Gasteiger partial charge in [-0.15, -0.1) is 0 Å². The van der Waals surface area contributed by atoms with Crippen molar-refractivity contribution < 1.29 is 9.53 Å². The minimum absolute atomic E-state index is 0.502. The summed E-state index contributed by atoms with van der Waals surface area (Å²) in [6.45, 7) is 0. The van der Waals surface area contributed by atoms with E-state index in [1.54, 1.807) is 18.3 Å². The van der Waals surface area contributed by atoms with E-state index in [1.807, 2.05) is 42.5 Å². The first-order chi connectivity index (χ1) is 8.83. The fraction of sp³-hybridized carbons (Fsp3) is 0. The molecule has 0 aliphatic carbocycles. The van der Waals surface area contributed by atoms with Crippen molar-refractivity contribution in [2.45, 2.75) is 0 Å². The zero-order chi connectivity index (χ0) is 12.4. The quantitative estimate of drug-likeness (QED) is 0.654. The second-order valence-corrected chi connectivity index (χ2v) is 3.81. The van der Waals surface area contributed by atoms with Crippen LogP contribution in [0.2, 0.25) is 0 Å². The number of aromatic nitrogens is 2. The highest BCUT2D eigenvalue weighted by molar-refractivity contribution is 5.83. The van der Waals surface area contributed by atoms with Gasteiger partial charge in [0.05, 0.1) is 5.52 Å². The summed E-state index contributed by atoms with van der Waals surface area (Å²) in [5.74, 6) is 0.502. The van der Waals surface area contributed by atoms with Crippen LogP contribution in [0.5, 0.6) is 5.75 Å². The smallest absolute Gasteiger partial charge is 0.409 e. The van der Waals surface area contributed by atoms with Crippen LogP contribution in [0.3, 0.4) is 0 Å². The van der Waals surface area contributed by atoms with Crippen molar-refractivity contribution in [2.75, 3.05) is 0 Å². The average molecular weight is 238 g/mol. The van der Waals surface area contributed by atoms with Gasteiger partial charge in [-0.05, 0) is 18.2 Å². The third-order valence-corrected chi connectivity index (χ3v) is 2.55. The van der Waals surface area contributed by atoms with Crippen LogP contribution in [-0.4, -0.2) is 15.9 Å². The second-order valence-electron chi connectivity index (χ2n) is 3.81. The molecule has 0 unspecified atom stereocenters. The minimum Gasteiger partial charge on any atom is -0.409 e. The molecule has 0 saturated carbocycles. The molecule has 0 bridgehead atoms. The number of carbonyl (C=O) groups is 1. The zero-order valence-electron chi connectivity index (χ0n) is 9.48. The third kappa shape index (κ3) is 1.96. The van der Waals surface area contributed by atoms with Crippen molar-refractivity contribution >= 4 is 17.0 Å². The highest BCUT2D eigenvalue weighted by atomic mass is 16.6. The van der Waals surface area contributed by atoms with Gasteiger partial charge in [-0.1, -0.05) is 36.4 Å². The summed E-state index contributed by atoms with van der Waals surface area (Å²) in [5.41, 5.74) is 0.766. The Kier molecular flexibility index (Phi) is 2.53. The number of rotatable bonds is 1. The molecule has 88 valence electrons. The summed E-state index contributed by atoms with van der Waals surface area (Å²) >= 11 is 0. The lowest BCUT2D eigenvalue weighted by atomic mass is 10.3. The van der Waals surface area contributed by atoms with Gasteiger partial charge in [0, 0.05) is 11.6 Å². The number of ether oxygens (including phenoxy) is 1. The van der Waals surface area contributed by atoms with Crippen LogP contribution in [0.1, 0.15) is 0 Å². The number of hydrogen-bond donors (Lipinski definition) is 0. The SMILES string of the molecule is O=C(Oc1ccccc1)n1cc2ccccc2n1. The largest absolute Gasteiger partial charge is 0.440 e. The number of benzene rings is 2. The topological polar surface area (TPSA) is 44.1 Å². The molecular weight excluding hydrogens is 228 g/mol. The molecule has 1 heterocycles. The predicted octanol–water partition coefficient (Wildman–Crippen LogP) is 3.08. The molecule has 0 saturated heterocycles. The molecule has 0 atom stereocenters. The zero-order valence-corrected chi connectivity index (χ0v) is 9.48. The molecule has 0 amide bonds. The van der Waals surface area contributed by atoms with E-state index in [4.69, 9.17) is 4.74 Å². The van der Waals surface area contributed by atoms with E-state index in [0.717, 1.165) is 10.9 Å². The van der Waals surface area contributed by atoms with Crippen LogP contribution in [0.25, 0.3) is 10.9 Å². The van der Waals surface area contributed by atoms with E-state index in [0.29, 0.717) is 5.75 Å². The summed E-state index contributed by atoms with van der Waals surface area (Å²) in [7, 11) is 0. The van der Waals surface area contributed by atoms with Crippen LogP contribution in [-0.2, 0) is 0 Å². The summed E-state index contributed by atoms with van der Waals surface area (Å²) in [4.78, 5) is 11.9. The fourth-order valence-corrected chi connectivity index (χ4v) is 1.69. The fourth-order valence-electron chi connectivity index (χ4n) is 1.69. The molecule has 4 heteroatoms. The normalized spacial score (nSPS) is 10.4.